The van der Waals surface area contributed by atoms with Crippen molar-refractivity contribution in [2.24, 2.45) is 5.10 Å². The third-order valence-electron chi connectivity index (χ3n) is 5.97. The molecule has 3 aromatic rings. The molecule has 1 heterocycles. The largest absolute Gasteiger partial charge is 0.491 e. The number of rotatable bonds is 9. The van der Waals surface area contributed by atoms with Crippen LogP contribution in [0.15, 0.2) is 84.0 Å². The number of carbonyl (C=O) groups excluding carboxylic acids is 1. The summed E-state index contributed by atoms with van der Waals surface area (Å²) in [6.45, 7) is 10.1. The van der Waals surface area contributed by atoms with E-state index in [2.05, 4.69) is 50.7 Å². The summed E-state index contributed by atoms with van der Waals surface area (Å²) in [5.74, 6) is 0.595. The van der Waals surface area contributed by atoms with Crippen LogP contribution in [-0.4, -0.2) is 54.2 Å². The van der Waals surface area contributed by atoms with Gasteiger partial charge in [0, 0.05) is 44.8 Å². The van der Waals surface area contributed by atoms with Crippen LogP contribution in [0.3, 0.4) is 0 Å². The zero-order chi connectivity index (χ0) is 24.5. The van der Waals surface area contributed by atoms with Crippen molar-refractivity contribution < 1.29 is 9.53 Å². The smallest absolute Gasteiger partial charge is 0.271 e. The van der Waals surface area contributed by atoms with E-state index >= 15 is 0 Å². The molecule has 35 heavy (non-hydrogen) atoms. The van der Waals surface area contributed by atoms with E-state index in [-0.39, 0.29) is 12.0 Å². The average molecular weight is 471 g/mol. The zero-order valence-corrected chi connectivity index (χ0v) is 20.6. The van der Waals surface area contributed by atoms with E-state index in [1.165, 1.54) is 11.1 Å². The summed E-state index contributed by atoms with van der Waals surface area (Å²) < 4.78 is 5.63. The van der Waals surface area contributed by atoms with E-state index in [0.29, 0.717) is 5.56 Å². The maximum atomic E-state index is 12.4. The Bertz CT molecular complexity index is 1090. The van der Waals surface area contributed by atoms with Gasteiger partial charge < -0.3 is 4.74 Å². The highest BCUT2D eigenvalue weighted by Crippen LogP contribution is 2.14. The lowest BCUT2D eigenvalue weighted by molar-refractivity contribution is 0.0955. The molecule has 6 heteroatoms. The number of hydrogen-bond donors (Lipinski definition) is 1. The molecule has 0 saturated carbocycles. The first-order chi connectivity index (χ1) is 17.0. The Hall–Kier alpha value is -3.48. The van der Waals surface area contributed by atoms with Crippen molar-refractivity contribution in [1.82, 2.24) is 15.2 Å². The molecule has 0 aliphatic carbocycles. The van der Waals surface area contributed by atoms with Gasteiger partial charge in [-0.25, -0.2) is 5.43 Å². The van der Waals surface area contributed by atoms with Gasteiger partial charge in [0.25, 0.3) is 5.91 Å². The summed E-state index contributed by atoms with van der Waals surface area (Å²) in [5.41, 5.74) is 6.67. The Morgan fingerprint density at radius 3 is 2.00 bits per heavy atom. The molecule has 0 spiro atoms. The first-order valence-corrected chi connectivity index (χ1v) is 12.2. The molecule has 1 aliphatic rings. The number of ether oxygens (including phenoxy) is 1. The summed E-state index contributed by atoms with van der Waals surface area (Å²) in [5, 5.41) is 4.08. The van der Waals surface area contributed by atoms with Gasteiger partial charge in [-0.15, -0.1) is 0 Å². The molecule has 4 rings (SSSR count). The fourth-order valence-corrected chi connectivity index (χ4v) is 4.10. The van der Waals surface area contributed by atoms with E-state index in [0.717, 1.165) is 50.6 Å². The van der Waals surface area contributed by atoms with Crippen LogP contribution in [0.25, 0.3) is 0 Å². The molecular formula is C29H34N4O2. The van der Waals surface area contributed by atoms with Crippen LogP contribution in [0.5, 0.6) is 5.75 Å². The van der Waals surface area contributed by atoms with Crippen LogP contribution in [-0.2, 0) is 13.1 Å². The Balaban J connectivity index is 1.20. The van der Waals surface area contributed by atoms with Crippen molar-refractivity contribution in [3.05, 3.63) is 101 Å². The topological polar surface area (TPSA) is 57.2 Å². The van der Waals surface area contributed by atoms with Gasteiger partial charge in [-0.05, 0) is 66.9 Å². The number of nitrogens with one attached hydrogen (secondary N) is 1. The van der Waals surface area contributed by atoms with Gasteiger partial charge in [0.05, 0.1) is 12.3 Å². The average Bonchev–Trinajstić information content (AvgIpc) is 2.87. The number of nitrogens with zero attached hydrogens (tertiary/aromatic N) is 3. The molecule has 0 aromatic heterocycles. The highest BCUT2D eigenvalue weighted by atomic mass is 16.5. The maximum absolute atomic E-state index is 12.4. The van der Waals surface area contributed by atoms with Gasteiger partial charge >= 0.3 is 0 Å². The number of amides is 1. The number of hydrazone groups is 1. The van der Waals surface area contributed by atoms with E-state index in [9.17, 15) is 4.79 Å². The first kappa shape index (κ1) is 24.6. The molecule has 0 unspecified atom stereocenters. The van der Waals surface area contributed by atoms with Gasteiger partial charge in [0.2, 0.25) is 0 Å². The fraction of sp³-hybridized carbons (Fsp3) is 0.310. The van der Waals surface area contributed by atoms with E-state index < -0.39 is 0 Å². The van der Waals surface area contributed by atoms with Gasteiger partial charge in [-0.2, -0.15) is 5.10 Å². The predicted molar refractivity (Wildman–Crippen MR) is 141 cm³/mol. The maximum Gasteiger partial charge on any atom is 0.271 e. The molecule has 3 aromatic carbocycles. The Labute approximate surface area is 208 Å². The predicted octanol–water partition coefficient (Wildman–Crippen LogP) is 4.56. The van der Waals surface area contributed by atoms with Crippen molar-refractivity contribution in [3.63, 3.8) is 0 Å². The lowest BCUT2D eigenvalue weighted by Gasteiger charge is -2.34. The molecule has 0 atom stereocenters. The monoisotopic (exact) mass is 470 g/mol. The second-order valence-electron chi connectivity index (χ2n) is 9.17. The number of piperazine rings is 1. The molecule has 6 nitrogen and oxygen atoms in total. The number of carbonyl (C=O) groups is 1. The Morgan fingerprint density at radius 1 is 0.857 bits per heavy atom. The summed E-state index contributed by atoms with van der Waals surface area (Å²) in [4.78, 5) is 17.4. The van der Waals surface area contributed by atoms with Crippen molar-refractivity contribution in [3.8, 4) is 5.75 Å². The molecule has 1 N–H and O–H groups in total. The standard InChI is InChI=1S/C29H34N4O2/c1-23(2)35-28-14-10-24(11-15-28)20-30-31-29(34)27-12-8-26(9-13-27)22-33-18-16-32(17-19-33)21-25-6-4-3-5-7-25/h3-15,20,23H,16-19,21-22H2,1-2H3,(H,31,34)/b30-20-. The number of benzene rings is 3. The molecule has 1 amide bonds. The summed E-state index contributed by atoms with van der Waals surface area (Å²) in [6.07, 6.45) is 1.76. The highest BCUT2D eigenvalue weighted by molar-refractivity contribution is 5.94. The van der Waals surface area contributed by atoms with E-state index in [1.807, 2.05) is 62.4 Å². The van der Waals surface area contributed by atoms with Crippen LogP contribution in [0.2, 0.25) is 0 Å². The van der Waals surface area contributed by atoms with Gasteiger partial charge in [-0.3, -0.25) is 14.6 Å². The minimum Gasteiger partial charge on any atom is -0.491 e. The Morgan fingerprint density at radius 2 is 1.43 bits per heavy atom. The summed E-state index contributed by atoms with van der Waals surface area (Å²) in [6, 6.07) is 26.0. The van der Waals surface area contributed by atoms with Gasteiger partial charge in [-0.1, -0.05) is 42.5 Å². The van der Waals surface area contributed by atoms with E-state index in [1.54, 1.807) is 6.21 Å². The van der Waals surface area contributed by atoms with Crippen LogP contribution >= 0.6 is 0 Å². The zero-order valence-electron chi connectivity index (χ0n) is 20.6. The van der Waals surface area contributed by atoms with Crippen LogP contribution in [0, 0.1) is 0 Å². The highest BCUT2D eigenvalue weighted by Gasteiger charge is 2.17. The second-order valence-corrected chi connectivity index (χ2v) is 9.17. The quantitative estimate of drug-likeness (QED) is 0.368. The van der Waals surface area contributed by atoms with E-state index in [4.69, 9.17) is 4.74 Å². The molecule has 0 bridgehead atoms. The van der Waals surface area contributed by atoms with Crippen LogP contribution < -0.4 is 10.2 Å². The van der Waals surface area contributed by atoms with Crippen LogP contribution in [0.1, 0.15) is 40.9 Å². The summed E-state index contributed by atoms with van der Waals surface area (Å²) in [7, 11) is 0. The fourth-order valence-electron chi connectivity index (χ4n) is 4.10. The Kier molecular flexibility index (Phi) is 8.65. The third kappa shape index (κ3) is 7.77. The molecule has 1 saturated heterocycles. The minimum absolute atomic E-state index is 0.135. The minimum atomic E-state index is -0.220. The molecule has 1 aliphatic heterocycles. The summed E-state index contributed by atoms with van der Waals surface area (Å²) >= 11 is 0. The third-order valence-corrected chi connectivity index (χ3v) is 5.97. The lowest BCUT2D eigenvalue weighted by Crippen LogP contribution is -2.45. The molecule has 182 valence electrons. The first-order valence-electron chi connectivity index (χ1n) is 12.2. The number of hydrogen-bond acceptors (Lipinski definition) is 5. The van der Waals surface area contributed by atoms with Crippen molar-refractivity contribution >= 4 is 12.1 Å². The van der Waals surface area contributed by atoms with Crippen molar-refractivity contribution in [2.75, 3.05) is 26.2 Å². The van der Waals surface area contributed by atoms with Crippen LogP contribution in [0.4, 0.5) is 0 Å². The SMILES string of the molecule is CC(C)Oc1ccc(/C=N\NC(=O)c2ccc(CN3CCN(Cc4ccccc4)CC3)cc2)cc1. The second kappa shape index (κ2) is 12.3. The molecular weight excluding hydrogens is 436 g/mol. The van der Waals surface area contributed by atoms with Crippen molar-refractivity contribution in [2.45, 2.75) is 33.0 Å². The normalized spacial score (nSPS) is 14.9. The molecule has 0 radical (unpaired) electrons. The van der Waals surface area contributed by atoms with Gasteiger partial charge in [0.15, 0.2) is 0 Å². The van der Waals surface area contributed by atoms with Crippen molar-refractivity contribution in [1.29, 1.82) is 0 Å². The molecule has 1 fully saturated rings. The lowest BCUT2D eigenvalue weighted by atomic mass is 10.1. The van der Waals surface area contributed by atoms with Gasteiger partial charge in [0.1, 0.15) is 5.75 Å².